The van der Waals surface area contributed by atoms with Crippen molar-refractivity contribution in [1.29, 1.82) is 0 Å². The van der Waals surface area contributed by atoms with Gasteiger partial charge in [0.2, 0.25) is 5.91 Å². The molecular weight excluding hydrogens is 547 g/mol. The van der Waals surface area contributed by atoms with E-state index in [4.69, 9.17) is 15.2 Å². The Hall–Kier alpha value is -4.25. The number of rotatable bonds is 9. The van der Waals surface area contributed by atoms with Crippen molar-refractivity contribution in [3.05, 3.63) is 77.9 Å². The third kappa shape index (κ3) is 6.30. The van der Waals surface area contributed by atoms with E-state index in [1.54, 1.807) is 31.4 Å². The van der Waals surface area contributed by atoms with Crippen molar-refractivity contribution in [2.45, 2.75) is 31.9 Å². The first-order chi connectivity index (χ1) is 20.2. The van der Waals surface area contributed by atoms with E-state index in [1.807, 2.05) is 12.1 Å². The van der Waals surface area contributed by atoms with E-state index in [-0.39, 0.29) is 5.56 Å². The number of fused-ring (bicyclic) bond motifs is 1. The maximum absolute atomic E-state index is 12.9. The van der Waals surface area contributed by atoms with Gasteiger partial charge in [-0.25, -0.2) is 9.97 Å². The summed E-state index contributed by atoms with van der Waals surface area (Å²) in [5.74, 6) is 0.00681. The molecule has 0 bridgehead atoms. The van der Waals surface area contributed by atoms with Gasteiger partial charge in [-0.1, -0.05) is 37.3 Å². The lowest BCUT2D eigenvalue weighted by Crippen LogP contribution is -2.35. The number of halogens is 3. The second-order valence-electron chi connectivity index (χ2n) is 10.4. The molecule has 1 atom stereocenters. The van der Waals surface area contributed by atoms with Gasteiger partial charge in [-0.05, 0) is 61.7 Å². The molecule has 1 fully saturated rings. The van der Waals surface area contributed by atoms with Crippen LogP contribution in [0.4, 0.5) is 13.2 Å². The van der Waals surface area contributed by atoms with Crippen LogP contribution in [0.25, 0.3) is 22.2 Å². The first-order valence-electron chi connectivity index (χ1n) is 13.8. The Balaban J connectivity index is 1.39. The summed E-state index contributed by atoms with van der Waals surface area (Å²) in [4.78, 5) is 27.2. The van der Waals surface area contributed by atoms with Gasteiger partial charge in [0.1, 0.15) is 12.0 Å². The monoisotopic (exact) mass is 579 g/mol. The summed E-state index contributed by atoms with van der Waals surface area (Å²) in [6.45, 7) is 6.01. The largest absolute Gasteiger partial charge is 0.493 e. The summed E-state index contributed by atoms with van der Waals surface area (Å²) in [5.41, 5.74) is 7.47. The summed E-state index contributed by atoms with van der Waals surface area (Å²) < 4.78 is 50.7. The molecule has 2 aromatic carbocycles. The number of primary amides is 1. The van der Waals surface area contributed by atoms with E-state index >= 15 is 0 Å². The number of carbonyl (C=O) groups excluding carboxylic acids is 1. The number of pyridine rings is 1. The van der Waals surface area contributed by atoms with Gasteiger partial charge in [0, 0.05) is 23.2 Å². The highest BCUT2D eigenvalue weighted by Gasteiger charge is 2.33. The van der Waals surface area contributed by atoms with Crippen molar-refractivity contribution in [3.63, 3.8) is 0 Å². The molecule has 42 heavy (non-hydrogen) atoms. The number of hydrogen-bond donors (Lipinski definition) is 1. The van der Waals surface area contributed by atoms with Gasteiger partial charge in [-0.2, -0.15) is 13.2 Å². The standard InChI is InChI=1S/C31H32F3N5O3/c1-3-39-12-10-19(11-13-39)17-42-26-15-24-23(14-25(26)41-2)29(38-18-37-24)21-6-4-20(5-7-21)28(30(35)40)22-8-9-27(36-16-22)31(32,33)34/h4-9,14-16,18-19,28H,3,10-13,17H2,1-2H3,(H2,35,40). The van der Waals surface area contributed by atoms with E-state index in [2.05, 4.69) is 26.8 Å². The molecule has 3 heterocycles. The number of amides is 1. The molecule has 1 aliphatic heterocycles. The second kappa shape index (κ2) is 12.3. The zero-order chi connectivity index (χ0) is 29.9. The van der Waals surface area contributed by atoms with Crippen LogP contribution in [0.2, 0.25) is 0 Å². The predicted octanol–water partition coefficient (Wildman–Crippen LogP) is 5.45. The average molecular weight is 580 g/mol. The van der Waals surface area contributed by atoms with E-state index in [9.17, 15) is 18.0 Å². The lowest BCUT2D eigenvalue weighted by atomic mass is 9.90. The predicted molar refractivity (Wildman–Crippen MR) is 152 cm³/mol. The molecule has 1 saturated heterocycles. The third-order valence-electron chi connectivity index (χ3n) is 7.76. The number of ether oxygens (including phenoxy) is 2. The summed E-state index contributed by atoms with van der Waals surface area (Å²) in [6.07, 6.45) is 0.118. The van der Waals surface area contributed by atoms with E-state index in [0.717, 1.165) is 55.7 Å². The molecule has 2 aromatic heterocycles. The number of carbonyl (C=O) groups is 1. The fraction of sp³-hybridized carbons (Fsp3) is 0.355. The van der Waals surface area contributed by atoms with Gasteiger partial charge in [-0.15, -0.1) is 0 Å². The quantitative estimate of drug-likeness (QED) is 0.281. The number of alkyl halides is 3. The highest BCUT2D eigenvalue weighted by atomic mass is 19.4. The number of hydrogen-bond acceptors (Lipinski definition) is 7. The Morgan fingerprint density at radius 2 is 1.74 bits per heavy atom. The number of benzene rings is 2. The van der Waals surface area contributed by atoms with Crippen LogP contribution in [-0.4, -0.2) is 59.1 Å². The fourth-order valence-corrected chi connectivity index (χ4v) is 5.34. The molecule has 0 radical (unpaired) electrons. The molecule has 220 valence electrons. The lowest BCUT2D eigenvalue weighted by Gasteiger charge is -2.30. The maximum Gasteiger partial charge on any atom is 0.433 e. The molecule has 4 aromatic rings. The highest BCUT2D eigenvalue weighted by molar-refractivity contribution is 5.94. The number of piperidine rings is 1. The van der Waals surface area contributed by atoms with Gasteiger partial charge in [0.15, 0.2) is 11.5 Å². The molecule has 5 rings (SSSR count). The zero-order valence-corrected chi connectivity index (χ0v) is 23.4. The first-order valence-corrected chi connectivity index (χ1v) is 13.8. The number of likely N-dealkylation sites (tertiary alicyclic amines) is 1. The fourth-order valence-electron chi connectivity index (χ4n) is 5.34. The summed E-state index contributed by atoms with van der Waals surface area (Å²) in [6, 6.07) is 12.7. The van der Waals surface area contributed by atoms with Crippen LogP contribution in [0.1, 0.15) is 42.5 Å². The molecule has 0 aliphatic carbocycles. The SMILES string of the molecule is CCN1CCC(COc2cc3ncnc(-c4ccc(C(C(N)=O)c5ccc(C(F)(F)F)nc5)cc4)c3cc2OC)CC1. The molecule has 8 nitrogen and oxygen atoms in total. The zero-order valence-electron chi connectivity index (χ0n) is 23.4. The smallest absolute Gasteiger partial charge is 0.433 e. The van der Waals surface area contributed by atoms with Crippen molar-refractivity contribution in [3.8, 4) is 22.8 Å². The molecule has 1 amide bonds. The Morgan fingerprint density at radius 1 is 1.02 bits per heavy atom. The number of nitrogens with two attached hydrogens (primary N) is 1. The molecule has 1 aliphatic rings. The minimum Gasteiger partial charge on any atom is -0.493 e. The highest BCUT2D eigenvalue weighted by Crippen LogP contribution is 2.37. The van der Waals surface area contributed by atoms with Crippen LogP contribution in [-0.2, 0) is 11.0 Å². The van der Waals surface area contributed by atoms with Crippen molar-refractivity contribution < 1.29 is 27.4 Å². The lowest BCUT2D eigenvalue weighted by molar-refractivity contribution is -0.141. The van der Waals surface area contributed by atoms with E-state index < -0.39 is 23.7 Å². The topological polar surface area (TPSA) is 103 Å². The molecular formula is C31H32F3N5O3. The van der Waals surface area contributed by atoms with Crippen LogP contribution >= 0.6 is 0 Å². The van der Waals surface area contributed by atoms with Gasteiger partial charge in [0.25, 0.3) is 0 Å². The van der Waals surface area contributed by atoms with Crippen molar-refractivity contribution in [1.82, 2.24) is 19.9 Å². The maximum atomic E-state index is 12.9. The minimum absolute atomic E-state index is 0.268. The van der Waals surface area contributed by atoms with Crippen LogP contribution < -0.4 is 15.2 Å². The van der Waals surface area contributed by atoms with Crippen LogP contribution in [0, 0.1) is 5.92 Å². The Bertz CT molecular complexity index is 1540. The normalized spacial score (nSPS) is 15.5. The Morgan fingerprint density at radius 3 is 2.33 bits per heavy atom. The van der Waals surface area contributed by atoms with E-state index in [0.29, 0.717) is 40.8 Å². The Kier molecular flexibility index (Phi) is 8.58. The third-order valence-corrected chi connectivity index (χ3v) is 7.76. The Labute approximate surface area is 241 Å². The van der Waals surface area contributed by atoms with Gasteiger partial charge >= 0.3 is 6.18 Å². The van der Waals surface area contributed by atoms with Gasteiger partial charge < -0.3 is 20.1 Å². The van der Waals surface area contributed by atoms with Crippen molar-refractivity contribution >= 4 is 16.8 Å². The molecule has 1 unspecified atom stereocenters. The summed E-state index contributed by atoms with van der Waals surface area (Å²) in [5, 5.41) is 0.754. The summed E-state index contributed by atoms with van der Waals surface area (Å²) >= 11 is 0. The van der Waals surface area contributed by atoms with Crippen LogP contribution in [0.15, 0.2) is 61.1 Å². The number of aromatic nitrogens is 3. The molecule has 0 saturated carbocycles. The second-order valence-corrected chi connectivity index (χ2v) is 10.4. The van der Waals surface area contributed by atoms with Crippen molar-refractivity contribution in [2.75, 3.05) is 33.4 Å². The number of methoxy groups -OCH3 is 1. The van der Waals surface area contributed by atoms with E-state index in [1.165, 1.54) is 12.4 Å². The van der Waals surface area contributed by atoms with Crippen LogP contribution in [0.3, 0.4) is 0 Å². The number of nitrogens with zero attached hydrogens (tertiary/aromatic N) is 4. The first kappa shape index (κ1) is 29.2. The molecule has 11 heteroatoms. The van der Waals surface area contributed by atoms with Gasteiger partial charge in [-0.3, -0.25) is 9.78 Å². The molecule has 0 spiro atoms. The van der Waals surface area contributed by atoms with Crippen LogP contribution in [0.5, 0.6) is 11.5 Å². The minimum atomic E-state index is -4.58. The average Bonchev–Trinajstić information content (AvgIpc) is 2.99. The van der Waals surface area contributed by atoms with Gasteiger partial charge in [0.05, 0.1) is 30.8 Å². The summed E-state index contributed by atoms with van der Waals surface area (Å²) in [7, 11) is 1.59. The molecule has 2 N–H and O–H groups in total. The van der Waals surface area contributed by atoms with Crippen molar-refractivity contribution in [2.24, 2.45) is 11.7 Å².